The lowest BCUT2D eigenvalue weighted by Crippen LogP contribution is -2.49. The Labute approximate surface area is 115 Å². The largest absolute Gasteiger partial charge is 0.480 e. The SMILES string of the molecule is CCC(CCN)CCC(=O)N[C@H](C(=O)O)C(C)(C)C. The van der Waals surface area contributed by atoms with Crippen LogP contribution in [0.1, 0.15) is 53.4 Å². The Morgan fingerprint density at radius 1 is 1.26 bits per heavy atom. The predicted molar refractivity (Wildman–Crippen MR) is 75.7 cm³/mol. The van der Waals surface area contributed by atoms with Gasteiger partial charge in [-0.05, 0) is 30.7 Å². The Kier molecular flexibility index (Phi) is 7.68. The summed E-state index contributed by atoms with van der Waals surface area (Å²) in [4.78, 5) is 23.0. The van der Waals surface area contributed by atoms with Gasteiger partial charge in [-0.15, -0.1) is 0 Å². The average Bonchev–Trinajstić information content (AvgIpc) is 2.29. The van der Waals surface area contributed by atoms with Crippen LogP contribution in [0.4, 0.5) is 0 Å². The van der Waals surface area contributed by atoms with Crippen molar-refractivity contribution in [3.63, 3.8) is 0 Å². The molecule has 0 saturated carbocycles. The minimum atomic E-state index is -0.991. The lowest BCUT2D eigenvalue weighted by Gasteiger charge is -2.28. The third-order valence-electron chi connectivity index (χ3n) is 3.35. The van der Waals surface area contributed by atoms with Crippen LogP contribution in [-0.4, -0.2) is 29.6 Å². The summed E-state index contributed by atoms with van der Waals surface area (Å²) in [6.07, 6.45) is 3.02. The Hall–Kier alpha value is -1.10. The number of hydrogen-bond acceptors (Lipinski definition) is 3. The zero-order valence-electron chi connectivity index (χ0n) is 12.5. The minimum absolute atomic E-state index is 0.196. The lowest BCUT2D eigenvalue weighted by molar-refractivity contribution is -0.145. The van der Waals surface area contributed by atoms with Crippen LogP contribution in [0.25, 0.3) is 0 Å². The van der Waals surface area contributed by atoms with E-state index in [-0.39, 0.29) is 5.91 Å². The van der Waals surface area contributed by atoms with Crippen molar-refractivity contribution in [1.29, 1.82) is 0 Å². The maximum absolute atomic E-state index is 11.8. The minimum Gasteiger partial charge on any atom is -0.480 e. The van der Waals surface area contributed by atoms with E-state index in [1.54, 1.807) is 20.8 Å². The molecule has 4 N–H and O–H groups in total. The van der Waals surface area contributed by atoms with Gasteiger partial charge in [0.15, 0.2) is 0 Å². The summed E-state index contributed by atoms with van der Waals surface area (Å²) >= 11 is 0. The number of nitrogens with two attached hydrogens (primary N) is 1. The highest BCUT2D eigenvalue weighted by Crippen LogP contribution is 2.20. The Balaban J connectivity index is 4.32. The molecule has 0 saturated heterocycles. The zero-order valence-corrected chi connectivity index (χ0v) is 12.5. The smallest absolute Gasteiger partial charge is 0.326 e. The number of carboxylic acids is 1. The van der Waals surface area contributed by atoms with Crippen molar-refractivity contribution in [1.82, 2.24) is 5.32 Å². The molecule has 0 radical (unpaired) electrons. The predicted octanol–water partition coefficient (Wildman–Crippen LogP) is 1.76. The van der Waals surface area contributed by atoms with Crippen LogP contribution in [0.15, 0.2) is 0 Å². The normalized spacial score (nSPS) is 14.8. The lowest BCUT2D eigenvalue weighted by atomic mass is 9.86. The van der Waals surface area contributed by atoms with Gasteiger partial charge in [0, 0.05) is 6.42 Å². The first-order valence-corrected chi connectivity index (χ1v) is 6.94. The van der Waals surface area contributed by atoms with Gasteiger partial charge in [0.25, 0.3) is 0 Å². The van der Waals surface area contributed by atoms with Gasteiger partial charge in [0.2, 0.25) is 5.91 Å². The Morgan fingerprint density at radius 2 is 1.84 bits per heavy atom. The number of carbonyl (C=O) groups excluding carboxylic acids is 1. The highest BCUT2D eigenvalue weighted by Gasteiger charge is 2.32. The summed E-state index contributed by atoms with van der Waals surface area (Å²) in [7, 11) is 0. The summed E-state index contributed by atoms with van der Waals surface area (Å²) in [5, 5.41) is 11.7. The second kappa shape index (κ2) is 8.15. The van der Waals surface area contributed by atoms with Gasteiger partial charge in [-0.1, -0.05) is 34.1 Å². The van der Waals surface area contributed by atoms with E-state index in [9.17, 15) is 9.59 Å². The monoisotopic (exact) mass is 272 g/mol. The van der Waals surface area contributed by atoms with Crippen molar-refractivity contribution in [2.75, 3.05) is 6.54 Å². The molecular formula is C14H28N2O3. The molecule has 5 nitrogen and oxygen atoms in total. The third-order valence-corrected chi connectivity index (χ3v) is 3.35. The molecule has 0 bridgehead atoms. The molecular weight excluding hydrogens is 244 g/mol. The number of aliphatic carboxylic acids is 1. The van der Waals surface area contributed by atoms with Gasteiger partial charge in [0.05, 0.1) is 0 Å². The quantitative estimate of drug-likeness (QED) is 0.627. The number of nitrogens with one attached hydrogen (secondary N) is 1. The van der Waals surface area contributed by atoms with E-state index in [0.29, 0.717) is 18.9 Å². The van der Waals surface area contributed by atoms with Crippen molar-refractivity contribution in [2.24, 2.45) is 17.1 Å². The maximum atomic E-state index is 11.8. The highest BCUT2D eigenvalue weighted by atomic mass is 16.4. The van der Waals surface area contributed by atoms with E-state index in [4.69, 9.17) is 10.8 Å². The van der Waals surface area contributed by atoms with E-state index in [0.717, 1.165) is 19.3 Å². The fraction of sp³-hybridized carbons (Fsp3) is 0.857. The molecule has 0 heterocycles. The fourth-order valence-corrected chi connectivity index (χ4v) is 2.01. The van der Waals surface area contributed by atoms with Gasteiger partial charge in [-0.3, -0.25) is 4.79 Å². The average molecular weight is 272 g/mol. The third kappa shape index (κ3) is 7.15. The van der Waals surface area contributed by atoms with Crippen LogP contribution >= 0.6 is 0 Å². The first kappa shape index (κ1) is 17.9. The van der Waals surface area contributed by atoms with Gasteiger partial charge in [-0.2, -0.15) is 0 Å². The summed E-state index contributed by atoms with van der Waals surface area (Å²) in [5.74, 6) is -0.749. The molecule has 0 aromatic carbocycles. The molecule has 0 aromatic heterocycles. The number of carboxylic acid groups (broad SMARTS) is 1. The molecule has 0 rings (SSSR count). The van der Waals surface area contributed by atoms with E-state index < -0.39 is 17.4 Å². The molecule has 1 amide bonds. The van der Waals surface area contributed by atoms with E-state index in [1.807, 2.05) is 0 Å². The van der Waals surface area contributed by atoms with Crippen molar-refractivity contribution in [3.05, 3.63) is 0 Å². The highest BCUT2D eigenvalue weighted by molar-refractivity contribution is 5.84. The van der Waals surface area contributed by atoms with Crippen molar-refractivity contribution < 1.29 is 14.7 Å². The van der Waals surface area contributed by atoms with Crippen LogP contribution < -0.4 is 11.1 Å². The summed E-state index contributed by atoms with van der Waals surface area (Å²) in [6, 6.07) is -0.852. The molecule has 2 atom stereocenters. The second-order valence-corrected chi connectivity index (χ2v) is 6.10. The molecule has 0 aliphatic rings. The molecule has 1 unspecified atom stereocenters. The Bertz CT molecular complexity index is 298. The van der Waals surface area contributed by atoms with E-state index in [1.165, 1.54) is 0 Å². The van der Waals surface area contributed by atoms with Gasteiger partial charge in [-0.25, -0.2) is 4.79 Å². The van der Waals surface area contributed by atoms with Gasteiger partial charge in [0.1, 0.15) is 6.04 Å². The molecule has 5 heteroatoms. The summed E-state index contributed by atoms with van der Waals surface area (Å²) in [5.41, 5.74) is 5.01. The number of rotatable bonds is 8. The van der Waals surface area contributed by atoms with Crippen molar-refractivity contribution in [3.8, 4) is 0 Å². The number of carbonyl (C=O) groups is 2. The molecule has 112 valence electrons. The number of hydrogen-bond donors (Lipinski definition) is 3. The molecule has 0 spiro atoms. The van der Waals surface area contributed by atoms with Crippen LogP contribution in [-0.2, 0) is 9.59 Å². The number of amides is 1. The van der Waals surface area contributed by atoms with Gasteiger partial charge < -0.3 is 16.2 Å². The zero-order chi connectivity index (χ0) is 15.1. The van der Waals surface area contributed by atoms with E-state index >= 15 is 0 Å². The van der Waals surface area contributed by atoms with Gasteiger partial charge >= 0.3 is 5.97 Å². The standard InChI is InChI=1S/C14H28N2O3/c1-5-10(8-9-15)6-7-11(17)16-12(13(18)19)14(2,3)4/h10,12H,5-9,15H2,1-4H3,(H,16,17)(H,18,19)/t10?,12-/m1/s1. The van der Waals surface area contributed by atoms with Crippen molar-refractivity contribution >= 4 is 11.9 Å². The topological polar surface area (TPSA) is 92.4 Å². The van der Waals surface area contributed by atoms with Crippen LogP contribution in [0.3, 0.4) is 0 Å². The van der Waals surface area contributed by atoms with E-state index in [2.05, 4.69) is 12.2 Å². The first-order valence-electron chi connectivity index (χ1n) is 6.94. The van der Waals surface area contributed by atoms with Crippen LogP contribution in [0, 0.1) is 11.3 Å². The Morgan fingerprint density at radius 3 is 2.21 bits per heavy atom. The maximum Gasteiger partial charge on any atom is 0.326 e. The summed E-state index contributed by atoms with van der Waals surface area (Å²) in [6.45, 7) is 8.10. The first-order chi connectivity index (χ1) is 8.72. The molecule has 0 fully saturated rings. The van der Waals surface area contributed by atoms with Crippen LogP contribution in [0.2, 0.25) is 0 Å². The fourth-order valence-electron chi connectivity index (χ4n) is 2.01. The van der Waals surface area contributed by atoms with Crippen molar-refractivity contribution in [2.45, 2.75) is 59.4 Å². The molecule has 0 aliphatic heterocycles. The molecule has 0 aliphatic carbocycles. The van der Waals surface area contributed by atoms with Crippen LogP contribution in [0.5, 0.6) is 0 Å². The second-order valence-electron chi connectivity index (χ2n) is 6.10. The molecule has 0 aromatic rings. The summed E-state index contributed by atoms with van der Waals surface area (Å²) < 4.78 is 0. The molecule has 19 heavy (non-hydrogen) atoms.